The van der Waals surface area contributed by atoms with Crippen LogP contribution in [0.1, 0.15) is 67.8 Å². The molecule has 1 amide bonds. The average Bonchev–Trinajstić information content (AvgIpc) is 2.73. The molecule has 0 aromatic heterocycles. The normalized spacial score (nSPS) is 18.5. The summed E-state index contributed by atoms with van der Waals surface area (Å²) >= 11 is 12.3. The number of carbonyl (C=O) groups is 1. The van der Waals surface area contributed by atoms with E-state index in [1.165, 1.54) is 7.05 Å². The van der Waals surface area contributed by atoms with Crippen molar-refractivity contribution in [3.8, 4) is 0 Å². The number of hydrogen-bond acceptors (Lipinski definition) is 5. The van der Waals surface area contributed by atoms with Crippen molar-refractivity contribution < 1.29 is 17.9 Å². The van der Waals surface area contributed by atoms with Crippen LogP contribution in [0.3, 0.4) is 0 Å². The van der Waals surface area contributed by atoms with Crippen molar-refractivity contribution in [3.05, 3.63) is 68.7 Å². The van der Waals surface area contributed by atoms with E-state index in [0.717, 1.165) is 35.1 Å². The van der Waals surface area contributed by atoms with Gasteiger partial charge in [0, 0.05) is 19.0 Å². The third-order valence-electron chi connectivity index (χ3n) is 5.76. The van der Waals surface area contributed by atoms with Crippen LogP contribution in [0, 0.1) is 0 Å². The number of carbonyl (C=O) groups excluding carboxylic acids is 1. The molecule has 180 valence electrons. The summed E-state index contributed by atoms with van der Waals surface area (Å²) in [4.78, 5) is 12.2. The van der Waals surface area contributed by atoms with Gasteiger partial charge in [-0.25, -0.2) is 17.5 Å². The summed E-state index contributed by atoms with van der Waals surface area (Å²) in [5.74, 6) is -0.124. The van der Waals surface area contributed by atoms with E-state index in [1.54, 1.807) is 26.8 Å². The molecule has 0 spiro atoms. The van der Waals surface area contributed by atoms with Gasteiger partial charge in [0.2, 0.25) is 10.0 Å². The number of ether oxygens (including phenoxy) is 1. The SMILES string of the molecule is CN(C(=O)OC(C)(C)C)S(=O)(=O)CCc1ccc2c(c1)[C@H](c1ccc(Cl)c(Cl)c1)CCC2N. The van der Waals surface area contributed by atoms with E-state index in [-0.39, 0.29) is 24.1 Å². The van der Waals surface area contributed by atoms with Crippen molar-refractivity contribution in [2.45, 2.75) is 57.6 Å². The fourth-order valence-electron chi connectivity index (χ4n) is 3.98. The molecule has 6 nitrogen and oxygen atoms in total. The topological polar surface area (TPSA) is 89.7 Å². The molecule has 9 heteroatoms. The Morgan fingerprint density at radius 3 is 2.42 bits per heavy atom. The fourth-order valence-corrected chi connectivity index (χ4v) is 5.31. The van der Waals surface area contributed by atoms with Crippen molar-refractivity contribution in [2.24, 2.45) is 5.73 Å². The van der Waals surface area contributed by atoms with Gasteiger partial charge in [0.25, 0.3) is 0 Å². The van der Waals surface area contributed by atoms with E-state index in [2.05, 4.69) is 0 Å². The predicted octanol–water partition coefficient (Wildman–Crippen LogP) is 5.66. The molecule has 2 N–H and O–H groups in total. The summed E-state index contributed by atoms with van der Waals surface area (Å²) in [6.45, 7) is 5.06. The second-order valence-electron chi connectivity index (χ2n) is 9.39. The molecule has 2 aromatic carbocycles. The van der Waals surface area contributed by atoms with Crippen LogP contribution in [0.25, 0.3) is 0 Å². The number of nitrogens with two attached hydrogens (primary N) is 1. The maximum Gasteiger partial charge on any atom is 0.423 e. The molecule has 1 aliphatic rings. The Hall–Kier alpha value is -1.80. The van der Waals surface area contributed by atoms with Crippen LogP contribution < -0.4 is 5.73 Å². The molecule has 2 atom stereocenters. The Morgan fingerprint density at radius 1 is 1.09 bits per heavy atom. The largest absolute Gasteiger partial charge is 0.443 e. The van der Waals surface area contributed by atoms with Gasteiger partial charge in [-0.05, 0) is 74.4 Å². The number of nitrogens with zero attached hydrogens (tertiary/aromatic N) is 1. The van der Waals surface area contributed by atoms with Crippen LogP contribution in [0.2, 0.25) is 10.0 Å². The molecule has 0 saturated heterocycles. The molecule has 0 radical (unpaired) electrons. The predicted molar refractivity (Wildman–Crippen MR) is 132 cm³/mol. The van der Waals surface area contributed by atoms with Gasteiger partial charge in [-0.1, -0.05) is 47.5 Å². The highest BCUT2D eigenvalue weighted by molar-refractivity contribution is 7.89. The van der Waals surface area contributed by atoms with Gasteiger partial charge in [-0.2, -0.15) is 0 Å². The lowest BCUT2D eigenvalue weighted by Crippen LogP contribution is -2.39. The lowest BCUT2D eigenvalue weighted by molar-refractivity contribution is 0.0420. The Bertz CT molecular complexity index is 1150. The van der Waals surface area contributed by atoms with Gasteiger partial charge >= 0.3 is 6.09 Å². The third kappa shape index (κ3) is 6.21. The number of hydrogen-bond donors (Lipinski definition) is 1. The molecule has 33 heavy (non-hydrogen) atoms. The maximum atomic E-state index is 12.7. The minimum absolute atomic E-state index is 0.0740. The molecule has 0 bridgehead atoms. The molecule has 0 fully saturated rings. The molecule has 0 saturated carbocycles. The van der Waals surface area contributed by atoms with E-state index < -0.39 is 21.7 Å². The van der Waals surface area contributed by atoms with E-state index in [4.69, 9.17) is 33.7 Å². The van der Waals surface area contributed by atoms with Gasteiger partial charge in [-0.3, -0.25) is 0 Å². The molecule has 2 aromatic rings. The number of sulfonamides is 1. The van der Waals surface area contributed by atoms with Gasteiger partial charge in [0.1, 0.15) is 5.60 Å². The summed E-state index contributed by atoms with van der Waals surface area (Å²) in [6, 6.07) is 11.5. The summed E-state index contributed by atoms with van der Waals surface area (Å²) in [5.41, 5.74) is 9.60. The van der Waals surface area contributed by atoms with Crippen LogP contribution >= 0.6 is 23.2 Å². The van der Waals surface area contributed by atoms with E-state index in [9.17, 15) is 13.2 Å². The Labute approximate surface area is 206 Å². The summed E-state index contributed by atoms with van der Waals surface area (Å²) in [5, 5.41) is 0.999. The van der Waals surface area contributed by atoms with Gasteiger partial charge in [0.15, 0.2) is 0 Å². The van der Waals surface area contributed by atoms with E-state index >= 15 is 0 Å². The van der Waals surface area contributed by atoms with E-state index in [0.29, 0.717) is 14.4 Å². The molecule has 0 aliphatic heterocycles. The number of fused-ring (bicyclic) bond motifs is 1. The highest BCUT2D eigenvalue weighted by atomic mass is 35.5. The fraction of sp³-hybridized carbons (Fsp3) is 0.458. The number of amides is 1. The van der Waals surface area contributed by atoms with Crippen LogP contribution in [0.4, 0.5) is 4.79 Å². The van der Waals surface area contributed by atoms with Crippen LogP contribution in [-0.4, -0.2) is 37.2 Å². The smallest absolute Gasteiger partial charge is 0.423 e. The molecular weight excluding hydrogens is 483 g/mol. The Kier molecular flexibility index (Phi) is 7.68. The molecule has 1 unspecified atom stereocenters. The zero-order valence-electron chi connectivity index (χ0n) is 19.3. The minimum atomic E-state index is -3.84. The monoisotopic (exact) mass is 512 g/mol. The number of benzene rings is 2. The second-order valence-corrected chi connectivity index (χ2v) is 12.3. The van der Waals surface area contributed by atoms with Gasteiger partial charge < -0.3 is 10.5 Å². The van der Waals surface area contributed by atoms with E-state index in [1.807, 2.05) is 30.3 Å². The van der Waals surface area contributed by atoms with Crippen LogP contribution in [0.15, 0.2) is 36.4 Å². The highest BCUT2D eigenvalue weighted by Gasteiger charge is 2.29. The first-order chi connectivity index (χ1) is 15.3. The number of halogens is 2. The first-order valence-corrected chi connectivity index (χ1v) is 13.2. The highest BCUT2D eigenvalue weighted by Crippen LogP contribution is 2.42. The standard InChI is InChI=1S/C24H30Cl2N2O4S/c1-24(2,3)32-23(29)28(4)33(30,31)12-11-15-5-7-18-19(13-15)17(8-10-22(18)27)16-6-9-20(25)21(26)14-16/h5-7,9,13-14,17,22H,8,10-12,27H2,1-4H3/t17-,22?/m0/s1. The number of aryl methyl sites for hydroxylation is 1. The second kappa shape index (κ2) is 9.82. The molecule has 1 aliphatic carbocycles. The summed E-state index contributed by atoms with van der Waals surface area (Å²) < 4.78 is 31.3. The van der Waals surface area contributed by atoms with Crippen molar-refractivity contribution in [3.63, 3.8) is 0 Å². The first kappa shape index (κ1) is 25.8. The molecule has 0 heterocycles. The maximum absolute atomic E-state index is 12.7. The molecule has 3 rings (SSSR count). The third-order valence-corrected chi connectivity index (χ3v) is 8.20. The Balaban J connectivity index is 1.82. The summed E-state index contributed by atoms with van der Waals surface area (Å²) in [7, 11) is -2.62. The summed E-state index contributed by atoms with van der Waals surface area (Å²) in [6.07, 6.45) is 1.06. The average molecular weight is 513 g/mol. The van der Waals surface area contributed by atoms with Crippen molar-refractivity contribution in [1.29, 1.82) is 0 Å². The van der Waals surface area contributed by atoms with Crippen molar-refractivity contribution >= 4 is 39.3 Å². The van der Waals surface area contributed by atoms with Crippen molar-refractivity contribution in [1.82, 2.24) is 4.31 Å². The van der Waals surface area contributed by atoms with Crippen LogP contribution in [0.5, 0.6) is 0 Å². The quantitative estimate of drug-likeness (QED) is 0.558. The first-order valence-electron chi connectivity index (χ1n) is 10.8. The lowest BCUT2D eigenvalue weighted by atomic mass is 9.76. The van der Waals surface area contributed by atoms with Crippen molar-refractivity contribution in [2.75, 3.05) is 12.8 Å². The van der Waals surface area contributed by atoms with Gasteiger partial charge in [0.05, 0.1) is 15.8 Å². The Morgan fingerprint density at radius 2 is 1.79 bits per heavy atom. The zero-order valence-corrected chi connectivity index (χ0v) is 21.6. The zero-order chi connectivity index (χ0) is 24.6. The minimum Gasteiger partial charge on any atom is -0.443 e. The van der Waals surface area contributed by atoms with Gasteiger partial charge in [-0.15, -0.1) is 0 Å². The molecular formula is C24H30Cl2N2O4S. The number of rotatable bonds is 5. The lowest BCUT2D eigenvalue weighted by Gasteiger charge is -2.31. The van der Waals surface area contributed by atoms with Crippen LogP contribution in [-0.2, 0) is 21.2 Å².